The van der Waals surface area contributed by atoms with Crippen molar-refractivity contribution < 1.29 is 19.8 Å². The van der Waals surface area contributed by atoms with E-state index >= 15 is 0 Å². The highest BCUT2D eigenvalue weighted by Gasteiger charge is 2.18. The molecule has 1 amide bonds. The van der Waals surface area contributed by atoms with Gasteiger partial charge in [0.1, 0.15) is 6.04 Å². The predicted molar refractivity (Wildman–Crippen MR) is 58.7 cm³/mol. The molecule has 5 N–H and O–H groups in total. The van der Waals surface area contributed by atoms with Gasteiger partial charge in [0.05, 0.1) is 6.61 Å². The van der Waals surface area contributed by atoms with Gasteiger partial charge in [-0.1, -0.05) is 6.92 Å². The van der Waals surface area contributed by atoms with Crippen LogP contribution in [0.5, 0.6) is 0 Å². The summed E-state index contributed by atoms with van der Waals surface area (Å²) < 4.78 is 0. The average Bonchev–Trinajstić information content (AvgIpc) is 2.23. The topological polar surface area (TPSA) is 113 Å². The molecule has 0 rings (SSSR count). The maximum atomic E-state index is 11.3. The largest absolute Gasteiger partial charge is 0.480 e. The molecular weight excluding hydrogens is 212 g/mol. The standard InChI is InChI=1S/C10H20N2O4/c1-7(4-5-11)2-3-9(14)12-8(6-13)10(15)16/h7-8,13H,2-6,11H2,1H3,(H,12,14)(H,15,16)/t7?,8-/m1/s1. The fourth-order valence-corrected chi connectivity index (χ4v) is 1.26. The fraction of sp³-hybridized carbons (Fsp3) is 0.800. The van der Waals surface area contributed by atoms with Crippen molar-refractivity contribution in [3.05, 3.63) is 0 Å². The van der Waals surface area contributed by atoms with Gasteiger partial charge in [0.2, 0.25) is 5.91 Å². The molecule has 0 aliphatic heterocycles. The van der Waals surface area contributed by atoms with Gasteiger partial charge in [-0.25, -0.2) is 4.79 Å². The van der Waals surface area contributed by atoms with Gasteiger partial charge in [-0.3, -0.25) is 4.79 Å². The summed E-state index contributed by atoms with van der Waals surface area (Å²) in [5, 5.41) is 19.5. The first-order chi connectivity index (χ1) is 7.51. The van der Waals surface area contributed by atoms with Gasteiger partial charge < -0.3 is 21.3 Å². The summed E-state index contributed by atoms with van der Waals surface area (Å²) in [6.45, 7) is 1.97. The van der Waals surface area contributed by atoms with Gasteiger partial charge in [0, 0.05) is 6.42 Å². The highest BCUT2D eigenvalue weighted by molar-refractivity contribution is 5.83. The van der Waals surface area contributed by atoms with Crippen LogP contribution < -0.4 is 11.1 Å². The number of hydrogen-bond donors (Lipinski definition) is 4. The molecule has 0 bridgehead atoms. The lowest BCUT2D eigenvalue weighted by molar-refractivity contribution is -0.143. The Labute approximate surface area is 94.8 Å². The van der Waals surface area contributed by atoms with E-state index in [1.54, 1.807) is 0 Å². The Kier molecular flexibility index (Phi) is 7.49. The molecule has 94 valence electrons. The van der Waals surface area contributed by atoms with E-state index in [0.29, 0.717) is 18.9 Å². The Morgan fingerprint density at radius 1 is 1.38 bits per heavy atom. The maximum Gasteiger partial charge on any atom is 0.328 e. The monoisotopic (exact) mass is 232 g/mol. The lowest BCUT2D eigenvalue weighted by Gasteiger charge is -2.13. The van der Waals surface area contributed by atoms with Gasteiger partial charge in [0.15, 0.2) is 0 Å². The summed E-state index contributed by atoms with van der Waals surface area (Å²) in [6.07, 6.45) is 1.77. The van der Waals surface area contributed by atoms with E-state index < -0.39 is 18.6 Å². The van der Waals surface area contributed by atoms with E-state index in [-0.39, 0.29) is 12.3 Å². The summed E-state index contributed by atoms with van der Waals surface area (Å²) in [4.78, 5) is 21.8. The highest BCUT2D eigenvalue weighted by atomic mass is 16.4. The van der Waals surface area contributed by atoms with Crippen molar-refractivity contribution in [2.24, 2.45) is 11.7 Å². The van der Waals surface area contributed by atoms with Crippen molar-refractivity contribution in [1.82, 2.24) is 5.32 Å². The van der Waals surface area contributed by atoms with Gasteiger partial charge >= 0.3 is 5.97 Å². The van der Waals surface area contributed by atoms with Crippen LogP contribution in [-0.2, 0) is 9.59 Å². The molecule has 0 spiro atoms. The molecule has 0 fully saturated rings. The second-order valence-corrected chi connectivity index (χ2v) is 3.86. The molecule has 0 saturated heterocycles. The molecule has 0 aromatic heterocycles. The van der Waals surface area contributed by atoms with Gasteiger partial charge in [-0.05, 0) is 25.3 Å². The third-order valence-electron chi connectivity index (χ3n) is 2.34. The zero-order valence-corrected chi connectivity index (χ0v) is 9.48. The number of aliphatic hydroxyl groups excluding tert-OH is 1. The number of amides is 1. The Morgan fingerprint density at radius 2 is 2.00 bits per heavy atom. The van der Waals surface area contributed by atoms with E-state index in [9.17, 15) is 9.59 Å². The number of hydrogen-bond acceptors (Lipinski definition) is 4. The molecule has 2 atom stereocenters. The third kappa shape index (κ3) is 6.36. The fourth-order valence-electron chi connectivity index (χ4n) is 1.26. The van der Waals surface area contributed by atoms with Crippen molar-refractivity contribution in [2.75, 3.05) is 13.2 Å². The van der Waals surface area contributed by atoms with Gasteiger partial charge in [0.25, 0.3) is 0 Å². The molecular formula is C10H20N2O4. The molecule has 0 radical (unpaired) electrons. The first kappa shape index (κ1) is 14.9. The molecule has 0 aromatic rings. The molecule has 6 heteroatoms. The minimum atomic E-state index is -1.23. The van der Waals surface area contributed by atoms with Crippen molar-refractivity contribution in [1.29, 1.82) is 0 Å². The number of carbonyl (C=O) groups is 2. The van der Waals surface area contributed by atoms with E-state index in [4.69, 9.17) is 15.9 Å². The molecule has 0 aromatic carbocycles. The smallest absolute Gasteiger partial charge is 0.328 e. The van der Waals surface area contributed by atoms with Gasteiger partial charge in [-0.15, -0.1) is 0 Å². The normalized spacial score (nSPS) is 14.2. The quantitative estimate of drug-likeness (QED) is 0.442. The van der Waals surface area contributed by atoms with Crippen LogP contribution in [0.2, 0.25) is 0 Å². The lowest BCUT2D eigenvalue weighted by atomic mass is 10.0. The van der Waals surface area contributed by atoms with E-state index in [2.05, 4.69) is 5.32 Å². The van der Waals surface area contributed by atoms with Crippen molar-refractivity contribution in [3.8, 4) is 0 Å². The summed E-state index contributed by atoms with van der Waals surface area (Å²) in [5.74, 6) is -1.25. The van der Waals surface area contributed by atoms with E-state index in [1.807, 2.05) is 6.92 Å². The van der Waals surface area contributed by atoms with Crippen molar-refractivity contribution in [3.63, 3.8) is 0 Å². The second-order valence-electron chi connectivity index (χ2n) is 3.86. The van der Waals surface area contributed by atoms with Crippen LogP contribution in [0.15, 0.2) is 0 Å². The highest BCUT2D eigenvalue weighted by Crippen LogP contribution is 2.08. The summed E-state index contributed by atoms with van der Waals surface area (Å²) in [5.41, 5.74) is 5.37. The van der Waals surface area contributed by atoms with E-state index in [0.717, 1.165) is 6.42 Å². The number of nitrogens with one attached hydrogen (secondary N) is 1. The Morgan fingerprint density at radius 3 is 2.44 bits per heavy atom. The van der Waals surface area contributed by atoms with Crippen LogP contribution in [0.25, 0.3) is 0 Å². The number of carboxylic acid groups (broad SMARTS) is 1. The molecule has 0 aliphatic rings. The summed E-state index contributed by atoms with van der Waals surface area (Å²) in [6, 6.07) is -1.21. The summed E-state index contributed by atoms with van der Waals surface area (Å²) >= 11 is 0. The van der Waals surface area contributed by atoms with Crippen molar-refractivity contribution in [2.45, 2.75) is 32.2 Å². The number of aliphatic carboxylic acids is 1. The second kappa shape index (κ2) is 8.06. The third-order valence-corrected chi connectivity index (χ3v) is 2.34. The molecule has 6 nitrogen and oxygen atoms in total. The molecule has 0 heterocycles. The molecule has 16 heavy (non-hydrogen) atoms. The van der Waals surface area contributed by atoms with Crippen LogP contribution in [0.3, 0.4) is 0 Å². The first-order valence-corrected chi connectivity index (χ1v) is 5.34. The van der Waals surface area contributed by atoms with Gasteiger partial charge in [-0.2, -0.15) is 0 Å². The minimum Gasteiger partial charge on any atom is -0.480 e. The van der Waals surface area contributed by atoms with Crippen molar-refractivity contribution >= 4 is 11.9 Å². The van der Waals surface area contributed by atoms with Crippen LogP contribution in [0.1, 0.15) is 26.2 Å². The zero-order chi connectivity index (χ0) is 12.6. The zero-order valence-electron chi connectivity index (χ0n) is 9.48. The predicted octanol–water partition coefficient (Wildman–Crippen LogP) is -0.687. The molecule has 0 aliphatic carbocycles. The summed E-state index contributed by atoms with van der Waals surface area (Å²) in [7, 11) is 0. The number of rotatable bonds is 8. The van der Waals surface area contributed by atoms with Crippen LogP contribution >= 0.6 is 0 Å². The van der Waals surface area contributed by atoms with Crippen LogP contribution in [0.4, 0.5) is 0 Å². The Bertz CT molecular complexity index is 233. The SMILES string of the molecule is CC(CCN)CCC(=O)N[C@H](CO)C(=O)O. The molecule has 1 unspecified atom stereocenters. The maximum absolute atomic E-state index is 11.3. The number of carbonyl (C=O) groups excluding carboxylic acids is 1. The number of aliphatic hydroxyl groups is 1. The van der Waals surface area contributed by atoms with Crippen LogP contribution in [0, 0.1) is 5.92 Å². The lowest BCUT2D eigenvalue weighted by Crippen LogP contribution is -2.43. The number of carboxylic acids is 1. The Balaban J connectivity index is 3.85. The van der Waals surface area contributed by atoms with Crippen LogP contribution in [-0.4, -0.2) is 41.3 Å². The van der Waals surface area contributed by atoms with E-state index in [1.165, 1.54) is 0 Å². The molecule has 0 saturated carbocycles. The average molecular weight is 232 g/mol. The number of nitrogens with two attached hydrogens (primary N) is 1. The minimum absolute atomic E-state index is 0.255. The Hall–Kier alpha value is -1.14. The first-order valence-electron chi connectivity index (χ1n) is 5.34.